The van der Waals surface area contributed by atoms with Gasteiger partial charge in [0.25, 0.3) is 5.91 Å². The predicted molar refractivity (Wildman–Crippen MR) is 104 cm³/mol. The molecule has 0 fully saturated rings. The standard InChI is InChI=1S/C20H18BrN3O/c21-16-7-4-8-17(13-16)24-18-10-12-22-19(14-18)20(25)23-11-9-15-5-2-1-3-6-15/h1-8,10,12-14H,9,11H2,(H,22,24)(H,23,25). The third kappa shape index (κ3) is 5.16. The van der Waals surface area contributed by atoms with Crippen molar-refractivity contribution in [2.24, 2.45) is 0 Å². The lowest BCUT2D eigenvalue weighted by molar-refractivity contribution is 0.0949. The Morgan fingerprint density at radius 3 is 2.56 bits per heavy atom. The maximum atomic E-state index is 12.3. The summed E-state index contributed by atoms with van der Waals surface area (Å²) in [7, 11) is 0. The molecule has 1 heterocycles. The molecule has 0 spiro atoms. The zero-order chi connectivity index (χ0) is 17.5. The van der Waals surface area contributed by atoms with E-state index < -0.39 is 0 Å². The second-order valence-corrected chi connectivity index (χ2v) is 6.47. The molecule has 0 saturated carbocycles. The van der Waals surface area contributed by atoms with Gasteiger partial charge in [0.05, 0.1) is 0 Å². The van der Waals surface area contributed by atoms with E-state index in [-0.39, 0.29) is 5.91 Å². The van der Waals surface area contributed by atoms with Crippen LogP contribution in [0.4, 0.5) is 11.4 Å². The van der Waals surface area contributed by atoms with Gasteiger partial charge in [-0.1, -0.05) is 52.3 Å². The summed E-state index contributed by atoms with van der Waals surface area (Å²) in [6.45, 7) is 0.577. The minimum atomic E-state index is -0.172. The molecule has 0 atom stereocenters. The molecule has 2 N–H and O–H groups in total. The zero-order valence-electron chi connectivity index (χ0n) is 13.6. The van der Waals surface area contributed by atoms with Crippen LogP contribution < -0.4 is 10.6 Å². The molecule has 0 saturated heterocycles. The number of pyridine rings is 1. The number of nitrogens with one attached hydrogen (secondary N) is 2. The first kappa shape index (κ1) is 17.2. The SMILES string of the molecule is O=C(NCCc1ccccc1)c1cc(Nc2cccc(Br)c2)ccn1. The number of hydrogen-bond acceptors (Lipinski definition) is 3. The molecule has 0 aliphatic rings. The second-order valence-electron chi connectivity index (χ2n) is 5.56. The Bertz CT molecular complexity index is 852. The van der Waals surface area contributed by atoms with Gasteiger partial charge in [0.15, 0.2) is 0 Å². The number of carbonyl (C=O) groups excluding carboxylic acids is 1. The van der Waals surface area contributed by atoms with Crippen molar-refractivity contribution in [3.8, 4) is 0 Å². The summed E-state index contributed by atoms with van der Waals surface area (Å²) >= 11 is 3.44. The van der Waals surface area contributed by atoms with Crippen LogP contribution in [-0.2, 0) is 6.42 Å². The van der Waals surface area contributed by atoms with E-state index in [4.69, 9.17) is 0 Å². The lowest BCUT2D eigenvalue weighted by Crippen LogP contribution is -2.26. The monoisotopic (exact) mass is 395 g/mol. The number of aromatic nitrogens is 1. The van der Waals surface area contributed by atoms with Gasteiger partial charge in [-0.2, -0.15) is 0 Å². The van der Waals surface area contributed by atoms with Crippen molar-refractivity contribution < 1.29 is 4.79 Å². The van der Waals surface area contributed by atoms with Gasteiger partial charge in [0, 0.05) is 28.6 Å². The Labute approximate surface area is 155 Å². The van der Waals surface area contributed by atoms with Crippen LogP contribution in [0, 0.1) is 0 Å². The van der Waals surface area contributed by atoms with E-state index in [1.54, 1.807) is 12.3 Å². The molecule has 2 aromatic carbocycles. The van der Waals surface area contributed by atoms with Gasteiger partial charge < -0.3 is 10.6 Å². The summed E-state index contributed by atoms with van der Waals surface area (Å²) in [6, 6.07) is 21.5. The molecule has 0 aliphatic heterocycles. The van der Waals surface area contributed by atoms with Gasteiger partial charge in [0.2, 0.25) is 0 Å². The first-order valence-corrected chi connectivity index (χ1v) is 8.81. The predicted octanol–water partition coefficient (Wildman–Crippen LogP) is 4.56. The Morgan fingerprint density at radius 1 is 0.960 bits per heavy atom. The summed E-state index contributed by atoms with van der Waals surface area (Å²) in [5.41, 5.74) is 3.35. The molecule has 3 aromatic rings. The largest absolute Gasteiger partial charge is 0.355 e. The molecule has 126 valence electrons. The molecule has 25 heavy (non-hydrogen) atoms. The number of rotatable bonds is 6. The fraction of sp³-hybridized carbons (Fsp3) is 0.100. The minimum Gasteiger partial charge on any atom is -0.355 e. The summed E-state index contributed by atoms with van der Waals surface area (Å²) in [5.74, 6) is -0.172. The smallest absolute Gasteiger partial charge is 0.269 e. The molecule has 5 heteroatoms. The van der Waals surface area contributed by atoms with Crippen LogP contribution >= 0.6 is 15.9 Å². The topological polar surface area (TPSA) is 54.0 Å². The normalized spacial score (nSPS) is 10.3. The van der Waals surface area contributed by atoms with Crippen molar-refractivity contribution in [3.05, 3.63) is 88.7 Å². The summed E-state index contributed by atoms with van der Waals surface area (Å²) in [6.07, 6.45) is 2.43. The number of anilines is 2. The first-order valence-electron chi connectivity index (χ1n) is 8.01. The third-order valence-electron chi connectivity index (χ3n) is 3.65. The van der Waals surface area contributed by atoms with Crippen molar-refractivity contribution in [2.75, 3.05) is 11.9 Å². The lowest BCUT2D eigenvalue weighted by atomic mass is 10.1. The van der Waals surface area contributed by atoms with Gasteiger partial charge in [-0.15, -0.1) is 0 Å². The molecular formula is C20H18BrN3O. The Balaban J connectivity index is 1.59. The van der Waals surface area contributed by atoms with Crippen LogP contribution in [-0.4, -0.2) is 17.4 Å². The molecule has 0 radical (unpaired) electrons. The quantitative estimate of drug-likeness (QED) is 0.642. The lowest BCUT2D eigenvalue weighted by Gasteiger charge is -2.09. The van der Waals surface area contributed by atoms with Gasteiger partial charge in [-0.3, -0.25) is 9.78 Å². The number of nitrogens with zero attached hydrogens (tertiary/aromatic N) is 1. The van der Waals surface area contributed by atoms with E-state index in [1.165, 1.54) is 5.56 Å². The number of amides is 1. The number of carbonyl (C=O) groups is 1. The average molecular weight is 396 g/mol. The molecule has 0 bridgehead atoms. The number of halogens is 1. The van der Waals surface area contributed by atoms with Gasteiger partial charge >= 0.3 is 0 Å². The highest BCUT2D eigenvalue weighted by atomic mass is 79.9. The Hall–Kier alpha value is -2.66. The van der Waals surface area contributed by atoms with Crippen LogP contribution in [0.2, 0.25) is 0 Å². The molecule has 0 unspecified atom stereocenters. The zero-order valence-corrected chi connectivity index (χ0v) is 15.2. The fourth-order valence-electron chi connectivity index (χ4n) is 2.42. The average Bonchev–Trinajstić information content (AvgIpc) is 2.63. The van der Waals surface area contributed by atoms with Crippen LogP contribution in [0.3, 0.4) is 0 Å². The van der Waals surface area contributed by atoms with Crippen molar-refractivity contribution in [2.45, 2.75) is 6.42 Å². The van der Waals surface area contributed by atoms with Crippen molar-refractivity contribution >= 4 is 33.2 Å². The maximum Gasteiger partial charge on any atom is 0.269 e. The molecule has 1 aromatic heterocycles. The second kappa shape index (κ2) is 8.44. The summed E-state index contributed by atoms with van der Waals surface area (Å²) in [4.78, 5) is 16.4. The minimum absolute atomic E-state index is 0.172. The van der Waals surface area contributed by atoms with Crippen molar-refractivity contribution in [1.29, 1.82) is 0 Å². The van der Waals surface area contributed by atoms with Crippen LogP contribution in [0.25, 0.3) is 0 Å². The van der Waals surface area contributed by atoms with E-state index in [0.29, 0.717) is 12.2 Å². The van der Waals surface area contributed by atoms with E-state index in [9.17, 15) is 4.79 Å². The van der Waals surface area contributed by atoms with E-state index in [2.05, 4.69) is 31.5 Å². The summed E-state index contributed by atoms with van der Waals surface area (Å²) in [5, 5.41) is 6.18. The van der Waals surface area contributed by atoms with Crippen LogP contribution in [0.1, 0.15) is 16.1 Å². The van der Waals surface area contributed by atoms with Crippen LogP contribution in [0.5, 0.6) is 0 Å². The first-order chi connectivity index (χ1) is 12.2. The van der Waals surface area contributed by atoms with Gasteiger partial charge in [-0.25, -0.2) is 0 Å². The van der Waals surface area contributed by atoms with Gasteiger partial charge in [-0.05, 0) is 42.3 Å². The maximum absolute atomic E-state index is 12.3. The van der Waals surface area contributed by atoms with Crippen molar-refractivity contribution in [1.82, 2.24) is 10.3 Å². The van der Waals surface area contributed by atoms with E-state index in [0.717, 1.165) is 22.3 Å². The van der Waals surface area contributed by atoms with E-state index >= 15 is 0 Å². The fourth-order valence-corrected chi connectivity index (χ4v) is 2.82. The van der Waals surface area contributed by atoms with Gasteiger partial charge in [0.1, 0.15) is 5.69 Å². The number of benzene rings is 2. The molecular weight excluding hydrogens is 378 g/mol. The molecule has 0 aliphatic carbocycles. The highest BCUT2D eigenvalue weighted by Gasteiger charge is 2.07. The molecule has 1 amide bonds. The molecule has 4 nitrogen and oxygen atoms in total. The number of hydrogen-bond donors (Lipinski definition) is 2. The highest BCUT2D eigenvalue weighted by molar-refractivity contribution is 9.10. The Morgan fingerprint density at radius 2 is 1.76 bits per heavy atom. The van der Waals surface area contributed by atoms with Crippen LogP contribution in [0.15, 0.2) is 77.4 Å². The van der Waals surface area contributed by atoms with Crippen molar-refractivity contribution in [3.63, 3.8) is 0 Å². The summed E-state index contributed by atoms with van der Waals surface area (Å²) < 4.78 is 0.991. The third-order valence-corrected chi connectivity index (χ3v) is 4.14. The highest BCUT2D eigenvalue weighted by Crippen LogP contribution is 2.20. The Kier molecular flexibility index (Phi) is 5.80. The van der Waals surface area contributed by atoms with E-state index in [1.807, 2.05) is 60.7 Å². The molecule has 3 rings (SSSR count).